The van der Waals surface area contributed by atoms with Crippen molar-refractivity contribution >= 4 is 0 Å². The first-order valence-corrected chi connectivity index (χ1v) is 8.98. The number of aryl methyl sites for hydroxylation is 1. The van der Waals surface area contributed by atoms with Gasteiger partial charge in [0, 0.05) is 13.2 Å². The summed E-state index contributed by atoms with van der Waals surface area (Å²) in [5.74, 6) is 0.939. The molecule has 2 aromatic carbocycles. The van der Waals surface area contributed by atoms with E-state index in [9.17, 15) is 0 Å². The standard InChI is InChI=1S/C21H27NO2/c1-2-7-18(8-3-1)10-5-13-22-16-19-9-4-11-20(15-19)24-17-21-12-6-14-23-21/h1-4,7-9,11,15,21-22H,5-6,10,12-14,16-17H2. The number of rotatable bonds is 9. The SMILES string of the molecule is c1ccc(CCCNCc2cccc(OCC3CCCO3)c2)cc1. The first-order valence-electron chi connectivity index (χ1n) is 8.98. The van der Waals surface area contributed by atoms with E-state index >= 15 is 0 Å². The lowest BCUT2D eigenvalue weighted by atomic mass is 10.1. The van der Waals surface area contributed by atoms with E-state index < -0.39 is 0 Å². The van der Waals surface area contributed by atoms with E-state index in [0.717, 1.165) is 51.1 Å². The molecular formula is C21H27NO2. The summed E-state index contributed by atoms with van der Waals surface area (Å²) in [5.41, 5.74) is 2.67. The molecule has 2 aromatic rings. The van der Waals surface area contributed by atoms with Crippen LogP contribution < -0.4 is 10.1 Å². The topological polar surface area (TPSA) is 30.5 Å². The van der Waals surface area contributed by atoms with E-state index in [1.807, 2.05) is 6.07 Å². The maximum atomic E-state index is 5.86. The summed E-state index contributed by atoms with van der Waals surface area (Å²) in [6, 6.07) is 19.0. The Morgan fingerprint density at radius 2 is 1.92 bits per heavy atom. The van der Waals surface area contributed by atoms with Gasteiger partial charge < -0.3 is 14.8 Å². The van der Waals surface area contributed by atoms with Gasteiger partial charge >= 0.3 is 0 Å². The summed E-state index contributed by atoms with van der Waals surface area (Å²) in [6.45, 7) is 3.44. The summed E-state index contributed by atoms with van der Waals surface area (Å²) in [5, 5.41) is 3.52. The van der Waals surface area contributed by atoms with Crippen molar-refractivity contribution in [3.8, 4) is 5.75 Å². The van der Waals surface area contributed by atoms with Gasteiger partial charge in [-0.1, -0.05) is 42.5 Å². The molecule has 1 fully saturated rings. The zero-order valence-corrected chi connectivity index (χ0v) is 14.2. The van der Waals surface area contributed by atoms with E-state index in [4.69, 9.17) is 9.47 Å². The minimum Gasteiger partial charge on any atom is -0.491 e. The highest BCUT2D eigenvalue weighted by molar-refractivity contribution is 5.28. The summed E-state index contributed by atoms with van der Waals surface area (Å²) < 4.78 is 11.5. The molecule has 128 valence electrons. The predicted molar refractivity (Wildman–Crippen MR) is 97.4 cm³/mol. The van der Waals surface area contributed by atoms with Crippen LogP contribution in [-0.4, -0.2) is 25.9 Å². The van der Waals surface area contributed by atoms with Crippen LogP contribution >= 0.6 is 0 Å². The third-order valence-corrected chi connectivity index (χ3v) is 4.35. The van der Waals surface area contributed by atoms with Crippen LogP contribution in [0.25, 0.3) is 0 Å². The van der Waals surface area contributed by atoms with Crippen molar-refractivity contribution < 1.29 is 9.47 Å². The Bertz CT molecular complexity index is 594. The molecule has 1 atom stereocenters. The lowest BCUT2D eigenvalue weighted by Crippen LogP contribution is -2.17. The number of ether oxygens (including phenoxy) is 2. The molecule has 0 aromatic heterocycles. The Labute approximate surface area is 145 Å². The second kappa shape index (κ2) is 9.45. The Kier molecular flexibility index (Phi) is 6.70. The van der Waals surface area contributed by atoms with Crippen LogP contribution in [0.15, 0.2) is 54.6 Å². The minimum absolute atomic E-state index is 0.268. The second-order valence-electron chi connectivity index (χ2n) is 6.36. The number of hydrogen-bond donors (Lipinski definition) is 1. The van der Waals surface area contributed by atoms with Crippen molar-refractivity contribution in [2.24, 2.45) is 0 Å². The van der Waals surface area contributed by atoms with Crippen molar-refractivity contribution in [3.05, 3.63) is 65.7 Å². The molecule has 1 saturated heterocycles. The monoisotopic (exact) mass is 325 g/mol. The number of benzene rings is 2. The molecule has 0 spiro atoms. The van der Waals surface area contributed by atoms with Gasteiger partial charge in [-0.25, -0.2) is 0 Å². The molecule has 0 amide bonds. The Morgan fingerprint density at radius 1 is 1.04 bits per heavy atom. The molecule has 0 aliphatic carbocycles. The largest absolute Gasteiger partial charge is 0.491 e. The fourth-order valence-electron chi connectivity index (χ4n) is 3.01. The second-order valence-corrected chi connectivity index (χ2v) is 6.36. The van der Waals surface area contributed by atoms with Crippen LogP contribution in [0.5, 0.6) is 5.75 Å². The predicted octanol–water partition coefficient (Wildman–Crippen LogP) is 3.97. The Balaban J connectivity index is 1.35. The molecule has 1 aliphatic rings. The molecule has 1 heterocycles. The summed E-state index contributed by atoms with van der Waals surface area (Å²) >= 11 is 0. The van der Waals surface area contributed by atoms with E-state index in [-0.39, 0.29) is 6.10 Å². The molecule has 3 rings (SSSR count). The first-order chi connectivity index (χ1) is 11.9. The summed E-state index contributed by atoms with van der Waals surface area (Å²) in [6.07, 6.45) is 4.81. The van der Waals surface area contributed by atoms with Crippen LogP contribution in [0.4, 0.5) is 0 Å². The molecule has 1 N–H and O–H groups in total. The number of nitrogens with one attached hydrogen (secondary N) is 1. The Morgan fingerprint density at radius 3 is 2.75 bits per heavy atom. The molecule has 3 nitrogen and oxygen atoms in total. The van der Waals surface area contributed by atoms with Crippen LogP contribution in [-0.2, 0) is 17.7 Å². The van der Waals surface area contributed by atoms with Gasteiger partial charge in [-0.15, -0.1) is 0 Å². The van der Waals surface area contributed by atoms with Gasteiger partial charge in [0.25, 0.3) is 0 Å². The lowest BCUT2D eigenvalue weighted by molar-refractivity contribution is 0.0679. The first kappa shape index (κ1) is 17.0. The number of hydrogen-bond acceptors (Lipinski definition) is 3. The van der Waals surface area contributed by atoms with Gasteiger partial charge in [-0.05, 0) is 55.5 Å². The molecule has 3 heteroatoms. The average Bonchev–Trinajstić information content (AvgIpc) is 3.15. The maximum Gasteiger partial charge on any atom is 0.119 e. The summed E-state index contributed by atoms with van der Waals surface area (Å²) in [7, 11) is 0. The van der Waals surface area contributed by atoms with E-state index in [1.54, 1.807) is 0 Å². The molecule has 0 bridgehead atoms. The van der Waals surface area contributed by atoms with Crippen molar-refractivity contribution in [1.29, 1.82) is 0 Å². The van der Waals surface area contributed by atoms with Crippen LogP contribution in [0.2, 0.25) is 0 Å². The lowest BCUT2D eigenvalue weighted by Gasteiger charge is -2.12. The van der Waals surface area contributed by atoms with Gasteiger partial charge in [0.05, 0.1) is 6.10 Å². The highest BCUT2D eigenvalue weighted by Crippen LogP contribution is 2.17. The van der Waals surface area contributed by atoms with Gasteiger partial charge in [-0.3, -0.25) is 0 Å². The normalized spacial score (nSPS) is 17.1. The third-order valence-electron chi connectivity index (χ3n) is 4.35. The molecule has 1 unspecified atom stereocenters. The van der Waals surface area contributed by atoms with Gasteiger partial charge in [0.15, 0.2) is 0 Å². The molecule has 24 heavy (non-hydrogen) atoms. The summed E-state index contributed by atoms with van der Waals surface area (Å²) in [4.78, 5) is 0. The van der Waals surface area contributed by atoms with Crippen molar-refractivity contribution in [2.75, 3.05) is 19.8 Å². The zero-order valence-electron chi connectivity index (χ0n) is 14.2. The van der Waals surface area contributed by atoms with Crippen LogP contribution in [0, 0.1) is 0 Å². The average molecular weight is 325 g/mol. The van der Waals surface area contributed by atoms with E-state index in [2.05, 4.69) is 53.8 Å². The fraction of sp³-hybridized carbons (Fsp3) is 0.429. The van der Waals surface area contributed by atoms with Crippen molar-refractivity contribution in [1.82, 2.24) is 5.32 Å². The van der Waals surface area contributed by atoms with Crippen molar-refractivity contribution in [3.63, 3.8) is 0 Å². The zero-order chi connectivity index (χ0) is 16.5. The van der Waals surface area contributed by atoms with Crippen LogP contribution in [0.3, 0.4) is 0 Å². The molecular weight excluding hydrogens is 298 g/mol. The van der Waals surface area contributed by atoms with E-state index in [1.165, 1.54) is 11.1 Å². The minimum atomic E-state index is 0.268. The quantitative estimate of drug-likeness (QED) is 0.708. The third kappa shape index (κ3) is 5.66. The smallest absolute Gasteiger partial charge is 0.119 e. The van der Waals surface area contributed by atoms with Gasteiger partial charge in [-0.2, -0.15) is 0 Å². The molecule has 0 radical (unpaired) electrons. The van der Waals surface area contributed by atoms with Crippen molar-refractivity contribution in [2.45, 2.75) is 38.3 Å². The molecule has 0 saturated carbocycles. The van der Waals surface area contributed by atoms with Gasteiger partial charge in [0.1, 0.15) is 12.4 Å². The molecule has 1 aliphatic heterocycles. The fourth-order valence-corrected chi connectivity index (χ4v) is 3.01. The maximum absolute atomic E-state index is 5.86. The highest BCUT2D eigenvalue weighted by atomic mass is 16.5. The van der Waals surface area contributed by atoms with Gasteiger partial charge in [0.2, 0.25) is 0 Å². The Hall–Kier alpha value is -1.84. The highest BCUT2D eigenvalue weighted by Gasteiger charge is 2.15. The van der Waals surface area contributed by atoms with E-state index in [0.29, 0.717) is 6.61 Å². The van der Waals surface area contributed by atoms with Crippen LogP contribution in [0.1, 0.15) is 30.4 Å².